The van der Waals surface area contributed by atoms with Crippen LogP contribution in [0.5, 0.6) is 0 Å². The van der Waals surface area contributed by atoms with Gasteiger partial charge >= 0.3 is 0 Å². The SMILES string of the molecule is CCN(CC)S(=O)(=O)c1ccc(SCc2noc(-c3ccc(F)cc3)n2)nc1. The summed E-state index contributed by atoms with van der Waals surface area (Å²) in [5, 5.41) is 4.55. The van der Waals surface area contributed by atoms with Gasteiger partial charge in [0.1, 0.15) is 10.7 Å². The summed E-state index contributed by atoms with van der Waals surface area (Å²) in [7, 11) is -3.52. The van der Waals surface area contributed by atoms with E-state index in [9.17, 15) is 12.8 Å². The van der Waals surface area contributed by atoms with Crippen LogP contribution in [0.25, 0.3) is 11.5 Å². The standard InChI is InChI=1S/C18H19FN4O3S2/c1-3-23(4-2)28(24,25)15-9-10-17(20-11-15)27-12-16-21-18(26-22-16)13-5-7-14(19)8-6-13/h5-11H,3-4,12H2,1-2H3. The maximum Gasteiger partial charge on any atom is 0.257 e. The van der Waals surface area contributed by atoms with Gasteiger partial charge in [-0.1, -0.05) is 30.8 Å². The summed E-state index contributed by atoms with van der Waals surface area (Å²) in [4.78, 5) is 8.66. The van der Waals surface area contributed by atoms with E-state index in [1.807, 2.05) is 0 Å². The van der Waals surface area contributed by atoms with Gasteiger partial charge in [0, 0.05) is 24.8 Å². The molecule has 148 valence electrons. The van der Waals surface area contributed by atoms with Crippen molar-refractivity contribution < 1.29 is 17.3 Å². The summed E-state index contributed by atoms with van der Waals surface area (Å²) in [6.07, 6.45) is 1.36. The molecule has 0 saturated heterocycles. The van der Waals surface area contributed by atoms with Crippen LogP contribution < -0.4 is 0 Å². The molecule has 2 aromatic heterocycles. The first-order chi connectivity index (χ1) is 13.4. The Balaban J connectivity index is 1.65. The number of aromatic nitrogens is 3. The smallest absolute Gasteiger partial charge is 0.257 e. The number of hydrogen-bond donors (Lipinski definition) is 0. The van der Waals surface area contributed by atoms with E-state index in [1.165, 1.54) is 34.4 Å². The molecule has 0 aliphatic heterocycles. The second-order valence-electron chi connectivity index (χ2n) is 5.73. The van der Waals surface area contributed by atoms with Crippen molar-refractivity contribution in [3.8, 4) is 11.5 Å². The van der Waals surface area contributed by atoms with Gasteiger partial charge < -0.3 is 4.52 Å². The van der Waals surface area contributed by atoms with Gasteiger partial charge in [0.05, 0.1) is 10.8 Å². The molecule has 0 spiro atoms. The molecule has 0 amide bonds. The second-order valence-corrected chi connectivity index (χ2v) is 8.67. The Hall–Kier alpha value is -2.30. The monoisotopic (exact) mass is 422 g/mol. The lowest BCUT2D eigenvalue weighted by atomic mass is 10.2. The highest BCUT2D eigenvalue weighted by Crippen LogP contribution is 2.24. The Morgan fingerprint density at radius 1 is 1.11 bits per heavy atom. The summed E-state index contributed by atoms with van der Waals surface area (Å²) in [5.74, 6) is 0.839. The Morgan fingerprint density at radius 2 is 1.82 bits per heavy atom. The molecule has 0 bridgehead atoms. The highest BCUT2D eigenvalue weighted by molar-refractivity contribution is 7.98. The lowest BCUT2D eigenvalue weighted by Crippen LogP contribution is -2.30. The van der Waals surface area contributed by atoms with Gasteiger partial charge in [0.15, 0.2) is 5.82 Å². The fourth-order valence-electron chi connectivity index (χ4n) is 2.48. The first kappa shape index (κ1) is 20.4. The van der Waals surface area contributed by atoms with Crippen molar-refractivity contribution in [1.29, 1.82) is 0 Å². The second kappa shape index (κ2) is 8.80. The summed E-state index contributed by atoms with van der Waals surface area (Å²) in [5.41, 5.74) is 0.634. The minimum atomic E-state index is -3.52. The fraction of sp³-hybridized carbons (Fsp3) is 0.278. The van der Waals surface area contributed by atoms with Crippen molar-refractivity contribution in [2.24, 2.45) is 0 Å². The molecule has 0 fully saturated rings. The maximum absolute atomic E-state index is 13.0. The molecule has 0 aliphatic carbocycles. The third-order valence-corrected chi connectivity index (χ3v) is 6.93. The zero-order valence-electron chi connectivity index (χ0n) is 15.4. The number of halogens is 1. The molecule has 0 atom stereocenters. The van der Waals surface area contributed by atoms with E-state index in [1.54, 1.807) is 38.1 Å². The van der Waals surface area contributed by atoms with Crippen molar-refractivity contribution in [3.63, 3.8) is 0 Å². The van der Waals surface area contributed by atoms with E-state index >= 15 is 0 Å². The Morgan fingerprint density at radius 3 is 2.43 bits per heavy atom. The molecule has 3 rings (SSSR count). The topological polar surface area (TPSA) is 89.2 Å². The van der Waals surface area contributed by atoms with Gasteiger partial charge in [-0.2, -0.15) is 9.29 Å². The third kappa shape index (κ3) is 4.57. The molecule has 0 saturated carbocycles. The zero-order valence-corrected chi connectivity index (χ0v) is 17.0. The van der Waals surface area contributed by atoms with Gasteiger partial charge in [0.25, 0.3) is 5.89 Å². The summed E-state index contributed by atoms with van der Waals surface area (Å²) in [6.45, 7) is 4.40. The number of hydrogen-bond acceptors (Lipinski definition) is 7. The van der Waals surface area contributed by atoms with Gasteiger partial charge in [-0.05, 0) is 36.4 Å². The first-order valence-electron chi connectivity index (χ1n) is 8.61. The predicted molar refractivity (Wildman–Crippen MR) is 104 cm³/mol. The first-order valence-corrected chi connectivity index (χ1v) is 11.0. The van der Waals surface area contributed by atoms with E-state index in [0.717, 1.165) is 0 Å². The predicted octanol–water partition coefficient (Wildman–Crippen LogP) is 3.59. The van der Waals surface area contributed by atoms with Crippen LogP contribution in [-0.4, -0.2) is 40.9 Å². The Kier molecular flexibility index (Phi) is 6.42. The van der Waals surface area contributed by atoms with Crippen LogP contribution in [0.3, 0.4) is 0 Å². The van der Waals surface area contributed by atoms with Crippen molar-refractivity contribution in [2.45, 2.75) is 29.5 Å². The number of rotatable bonds is 8. The quantitative estimate of drug-likeness (QED) is 0.513. The molecule has 0 N–H and O–H groups in total. The minimum Gasteiger partial charge on any atom is -0.334 e. The molecular formula is C18H19FN4O3S2. The number of pyridine rings is 1. The van der Waals surface area contributed by atoms with E-state index in [2.05, 4.69) is 15.1 Å². The highest BCUT2D eigenvalue weighted by Gasteiger charge is 2.21. The summed E-state index contributed by atoms with van der Waals surface area (Å²) >= 11 is 1.36. The van der Waals surface area contributed by atoms with Gasteiger partial charge in [-0.25, -0.2) is 17.8 Å². The molecule has 7 nitrogen and oxygen atoms in total. The normalized spacial score (nSPS) is 11.9. The average Bonchev–Trinajstić information content (AvgIpc) is 3.17. The molecule has 0 aliphatic rings. The Bertz CT molecular complexity index is 1020. The number of benzene rings is 1. The fourth-order valence-corrected chi connectivity index (χ4v) is 4.57. The molecule has 1 aromatic carbocycles. The van der Waals surface area contributed by atoms with Crippen LogP contribution >= 0.6 is 11.8 Å². The van der Waals surface area contributed by atoms with Crippen molar-refractivity contribution >= 4 is 21.8 Å². The van der Waals surface area contributed by atoms with Crippen molar-refractivity contribution in [3.05, 3.63) is 54.2 Å². The third-order valence-electron chi connectivity index (χ3n) is 3.96. The van der Waals surface area contributed by atoms with Crippen LogP contribution in [0.4, 0.5) is 4.39 Å². The molecule has 28 heavy (non-hydrogen) atoms. The lowest BCUT2D eigenvalue weighted by molar-refractivity contribution is 0.425. The minimum absolute atomic E-state index is 0.165. The van der Waals surface area contributed by atoms with E-state index in [-0.39, 0.29) is 10.7 Å². The largest absolute Gasteiger partial charge is 0.334 e. The highest BCUT2D eigenvalue weighted by atomic mass is 32.2. The summed E-state index contributed by atoms with van der Waals surface area (Å²) in [6, 6.07) is 8.98. The van der Waals surface area contributed by atoms with E-state index in [0.29, 0.717) is 41.1 Å². The zero-order chi connectivity index (χ0) is 20.1. The van der Waals surface area contributed by atoms with Gasteiger partial charge in [-0.3, -0.25) is 0 Å². The van der Waals surface area contributed by atoms with Crippen LogP contribution in [0.2, 0.25) is 0 Å². The molecule has 0 unspecified atom stereocenters. The van der Waals surface area contributed by atoms with Gasteiger partial charge in [-0.15, -0.1) is 0 Å². The molecule has 0 radical (unpaired) electrons. The number of sulfonamides is 1. The summed E-state index contributed by atoms with van der Waals surface area (Å²) < 4.78 is 44.5. The van der Waals surface area contributed by atoms with E-state index < -0.39 is 10.0 Å². The molecule has 10 heteroatoms. The van der Waals surface area contributed by atoms with Gasteiger partial charge in [0.2, 0.25) is 10.0 Å². The van der Waals surface area contributed by atoms with Crippen LogP contribution in [-0.2, 0) is 15.8 Å². The molecule has 2 heterocycles. The number of thioether (sulfide) groups is 1. The molecule has 3 aromatic rings. The van der Waals surface area contributed by atoms with Crippen molar-refractivity contribution in [1.82, 2.24) is 19.4 Å². The lowest BCUT2D eigenvalue weighted by Gasteiger charge is -2.18. The van der Waals surface area contributed by atoms with E-state index in [4.69, 9.17) is 4.52 Å². The van der Waals surface area contributed by atoms with Crippen molar-refractivity contribution in [2.75, 3.05) is 13.1 Å². The van der Waals surface area contributed by atoms with Crippen LogP contribution in [0, 0.1) is 5.82 Å². The Labute approximate surface area is 167 Å². The average molecular weight is 423 g/mol. The molecular weight excluding hydrogens is 403 g/mol. The van der Waals surface area contributed by atoms with Crippen LogP contribution in [0.1, 0.15) is 19.7 Å². The number of nitrogens with zero attached hydrogens (tertiary/aromatic N) is 4. The maximum atomic E-state index is 13.0. The van der Waals surface area contributed by atoms with Crippen LogP contribution in [0.15, 0.2) is 57.0 Å².